The monoisotopic (exact) mass is 249 g/mol. The summed E-state index contributed by atoms with van der Waals surface area (Å²) in [6.45, 7) is 5.22. The van der Waals surface area contributed by atoms with Gasteiger partial charge in [0.25, 0.3) is 0 Å². The molecule has 0 spiro atoms. The average molecular weight is 249 g/mol. The van der Waals surface area contributed by atoms with Crippen LogP contribution in [0.4, 0.5) is 0 Å². The lowest BCUT2D eigenvalue weighted by Crippen LogP contribution is -2.40. The van der Waals surface area contributed by atoms with Crippen LogP contribution >= 0.6 is 11.3 Å². The summed E-state index contributed by atoms with van der Waals surface area (Å²) in [5.41, 5.74) is -0.500. The molecule has 0 saturated heterocycles. The maximum absolute atomic E-state index is 11.8. The van der Waals surface area contributed by atoms with Gasteiger partial charge in [0.1, 0.15) is 0 Å². The van der Waals surface area contributed by atoms with Gasteiger partial charge >= 0.3 is 0 Å². The second-order valence-electron chi connectivity index (χ2n) is 4.26. The predicted octanol–water partition coefficient (Wildman–Crippen LogP) is 1.32. The SMILES string of the molecule is CC(C)(C)NS(=O)(=O)c1csc(CO)c1. The smallest absolute Gasteiger partial charge is 0.241 e. The summed E-state index contributed by atoms with van der Waals surface area (Å²) in [7, 11) is -3.46. The summed E-state index contributed by atoms with van der Waals surface area (Å²) < 4.78 is 26.1. The van der Waals surface area contributed by atoms with Crippen molar-refractivity contribution >= 4 is 21.4 Å². The second kappa shape index (κ2) is 4.21. The van der Waals surface area contributed by atoms with Crippen LogP contribution in [-0.2, 0) is 16.6 Å². The van der Waals surface area contributed by atoms with E-state index in [9.17, 15) is 8.42 Å². The fraction of sp³-hybridized carbons (Fsp3) is 0.556. The van der Waals surface area contributed by atoms with Crippen molar-refractivity contribution in [3.63, 3.8) is 0 Å². The van der Waals surface area contributed by atoms with Crippen LogP contribution in [0.25, 0.3) is 0 Å². The van der Waals surface area contributed by atoms with Crippen LogP contribution in [0.5, 0.6) is 0 Å². The number of rotatable bonds is 3. The average Bonchev–Trinajstić information content (AvgIpc) is 2.47. The van der Waals surface area contributed by atoms with E-state index in [1.54, 1.807) is 20.8 Å². The van der Waals surface area contributed by atoms with Crippen molar-refractivity contribution in [1.82, 2.24) is 4.72 Å². The Morgan fingerprint density at radius 2 is 2.07 bits per heavy atom. The Kier molecular flexibility index (Phi) is 3.55. The number of sulfonamides is 1. The lowest BCUT2D eigenvalue weighted by molar-refractivity contribution is 0.285. The van der Waals surface area contributed by atoms with Gasteiger partial charge in [-0.05, 0) is 26.8 Å². The third-order valence-corrected chi connectivity index (χ3v) is 4.34. The molecule has 0 aromatic carbocycles. The zero-order chi connectivity index (χ0) is 11.7. The van der Waals surface area contributed by atoms with Gasteiger partial charge in [-0.15, -0.1) is 11.3 Å². The summed E-state index contributed by atoms with van der Waals surface area (Å²) >= 11 is 1.23. The summed E-state index contributed by atoms with van der Waals surface area (Å²) in [4.78, 5) is 0.857. The van der Waals surface area contributed by atoms with Crippen molar-refractivity contribution in [3.8, 4) is 0 Å². The summed E-state index contributed by atoms with van der Waals surface area (Å²) in [6, 6.07) is 1.48. The Balaban J connectivity index is 2.96. The highest BCUT2D eigenvalue weighted by atomic mass is 32.2. The van der Waals surface area contributed by atoms with E-state index >= 15 is 0 Å². The molecule has 0 radical (unpaired) electrons. The molecule has 4 nitrogen and oxygen atoms in total. The number of hydrogen-bond acceptors (Lipinski definition) is 4. The molecule has 0 bridgehead atoms. The first-order valence-electron chi connectivity index (χ1n) is 4.47. The Morgan fingerprint density at radius 1 is 1.47 bits per heavy atom. The van der Waals surface area contributed by atoms with Crippen LogP contribution in [-0.4, -0.2) is 19.1 Å². The molecule has 1 rings (SSSR count). The highest BCUT2D eigenvalue weighted by molar-refractivity contribution is 7.89. The first kappa shape index (κ1) is 12.6. The number of thiophene rings is 1. The Hall–Kier alpha value is -0.430. The van der Waals surface area contributed by atoms with Gasteiger partial charge in [0.2, 0.25) is 10.0 Å². The minimum Gasteiger partial charge on any atom is -0.391 e. The van der Waals surface area contributed by atoms with Gasteiger partial charge in [-0.3, -0.25) is 0 Å². The molecule has 0 unspecified atom stereocenters. The van der Waals surface area contributed by atoms with Gasteiger partial charge in [-0.25, -0.2) is 13.1 Å². The number of nitrogens with one attached hydrogen (secondary N) is 1. The zero-order valence-corrected chi connectivity index (χ0v) is 10.6. The highest BCUT2D eigenvalue weighted by Crippen LogP contribution is 2.20. The van der Waals surface area contributed by atoms with Crippen molar-refractivity contribution in [2.45, 2.75) is 37.8 Å². The molecule has 0 amide bonds. The molecule has 0 saturated carbocycles. The van der Waals surface area contributed by atoms with Gasteiger partial charge in [-0.2, -0.15) is 0 Å². The molecular formula is C9H15NO3S2. The summed E-state index contributed by atoms with van der Waals surface area (Å²) in [5, 5.41) is 10.4. The second-order valence-corrected chi connectivity index (χ2v) is 6.94. The fourth-order valence-electron chi connectivity index (χ4n) is 1.05. The topological polar surface area (TPSA) is 66.4 Å². The van der Waals surface area contributed by atoms with Gasteiger partial charge in [0.15, 0.2) is 0 Å². The van der Waals surface area contributed by atoms with Gasteiger partial charge < -0.3 is 5.11 Å². The van der Waals surface area contributed by atoms with E-state index < -0.39 is 15.6 Å². The van der Waals surface area contributed by atoms with Crippen molar-refractivity contribution in [3.05, 3.63) is 16.3 Å². The first-order chi connectivity index (χ1) is 6.74. The third-order valence-electron chi connectivity index (χ3n) is 1.54. The highest BCUT2D eigenvalue weighted by Gasteiger charge is 2.22. The molecule has 1 aromatic rings. The zero-order valence-electron chi connectivity index (χ0n) is 8.94. The molecule has 2 N–H and O–H groups in total. The van der Waals surface area contributed by atoms with Crippen LogP contribution in [0.1, 0.15) is 25.6 Å². The molecule has 1 aromatic heterocycles. The third kappa shape index (κ3) is 3.57. The van der Waals surface area contributed by atoms with E-state index in [1.165, 1.54) is 22.8 Å². The standard InChI is InChI=1S/C9H15NO3S2/c1-9(2,3)10-15(12,13)8-4-7(5-11)14-6-8/h4,6,10-11H,5H2,1-3H3. The minimum atomic E-state index is -3.46. The van der Waals surface area contributed by atoms with Crippen LogP contribution in [0.15, 0.2) is 16.3 Å². The van der Waals surface area contributed by atoms with Crippen LogP contribution in [0, 0.1) is 0 Å². The minimum absolute atomic E-state index is 0.129. The van der Waals surface area contributed by atoms with E-state index in [4.69, 9.17) is 5.11 Å². The largest absolute Gasteiger partial charge is 0.391 e. The van der Waals surface area contributed by atoms with E-state index in [0.29, 0.717) is 4.88 Å². The van der Waals surface area contributed by atoms with Gasteiger partial charge in [0.05, 0.1) is 11.5 Å². The lowest BCUT2D eigenvalue weighted by atomic mass is 10.1. The van der Waals surface area contributed by atoms with Gasteiger partial charge in [0, 0.05) is 15.8 Å². The quantitative estimate of drug-likeness (QED) is 0.849. The molecule has 0 aliphatic rings. The number of aliphatic hydroxyl groups excluding tert-OH is 1. The molecular weight excluding hydrogens is 234 g/mol. The fourth-order valence-corrected chi connectivity index (χ4v) is 3.60. The summed E-state index contributed by atoms with van der Waals surface area (Å²) in [5.74, 6) is 0. The van der Waals surface area contributed by atoms with Crippen molar-refractivity contribution < 1.29 is 13.5 Å². The molecule has 0 atom stereocenters. The van der Waals surface area contributed by atoms with Gasteiger partial charge in [-0.1, -0.05) is 0 Å². The molecule has 15 heavy (non-hydrogen) atoms. The van der Waals surface area contributed by atoms with E-state index in [1.807, 2.05) is 0 Å². The summed E-state index contributed by atoms with van der Waals surface area (Å²) in [6.07, 6.45) is 0. The number of aliphatic hydroxyl groups is 1. The molecule has 0 aliphatic carbocycles. The maximum Gasteiger partial charge on any atom is 0.241 e. The van der Waals surface area contributed by atoms with Crippen molar-refractivity contribution in [2.24, 2.45) is 0 Å². The maximum atomic E-state index is 11.8. The normalized spacial score (nSPS) is 13.1. The molecule has 0 fully saturated rings. The van der Waals surface area contributed by atoms with Crippen LogP contribution in [0.2, 0.25) is 0 Å². The Morgan fingerprint density at radius 3 is 2.47 bits per heavy atom. The van der Waals surface area contributed by atoms with E-state index in [0.717, 1.165) is 0 Å². The Labute approximate surface area is 94.0 Å². The van der Waals surface area contributed by atoms with E-state index in [2.05, 4.69) is 4.72 Å². The molecule has 6 heteroatoms. The van der Waals surface area contributed by atoms with Crippen LogP contribution in [0.3, 0.4) is 0 Å². The predicted molar refractivity (Wildman–Crippen MR) is 60.3 cm³/mol. The lowest BCUT2D eigenvalue weighted by Gasteiger charge is -2.19. The Bertz CT molecular complexity index is 428. The van der Waals surface area contributed by atoms with Crippen LogP contribution < -0.4 is 4.72 Å². The first-order valence-corrected chi connectivity index (χ1v) is 6.83. The number of hydrogen-bond donors (Lipinski definition) is 2. The molecule has 86 valence electrons. The van der Waals surface area contributed by atoms with Crippen molar-refractivity contribution in [2.75, 3.05) is 0 Å². The molecule has 0 aliphatic heterocycles. The van der Waals surface area contributed by atoms with E-state index in [-0.39, 0.29) is 11.5 Å². The molecule has 1 heterocycles. The van der Waals surface area contributed by atoms with Crippen molar-refractivity contribution in [1.29, 1.82) is 0 Å².